The summed E-state index contributed by atoms with van der Waals surface area (Å²) in [6.07, 6.45) is -3.18. The van der Waals surface area contributed by atoms with E-state index in [4.69, 9.17) is 19.7 Å². The molecule has 0 saturated heterocycles. The van der Waals surface area contributed by atoms with E-state index in [1.165, 1.54) is 16.7 Å². The van der Waals surface area contributed by atoms with E-state index in [0.29, 0.717) is 13.2 Å². The van der Waals surface area contributed by atoms with Crippen molar-refractivity contribution in [1.82, 2.24) is 5.32 Å². The zero-order valence-electron chi connectivity index (χ0n) is 17.1. The molecule has 170 valence electrons. The predicted molar refractivity (Wildman–Crippen MR) is 109 cm³/mol. The van der Waals surface area contributed by atoms with E-state index in [0.717, 1.165) is 25.1 Å². The summed E-state index contributed by atoms with van der Waals surface area (Å²) >= 11 is 0. The second-order valence-electron chi connectivity index (χ2n) is 6.68. The Labute approximate surface area is 178 Å². The molecule has 0 bridgehead atoms. The second-order valence-corrected chi connectivity index (χ2v) is 6.68. The van der Waals surface area contributed by atoms with Gasteiger partial charge in [0.25, 0.3) is 0 Å². The highest BCUT2D eigenvalue weighted by molar-refractivity contribution is 5.73. The van der Waals surface area contributed by atoms with Gasteiger partial charge in [-0.2, -0.15) is 13.2 Å². The number of ether oxygens (including phenoxy) is 1. The fourth-order valence-corrected chi connectivity index (χ4v) is 2.39. The molecule has 0 radical (unpaired) electrons. The fraction of sp³-hybridized carbons (Fsp3) is 0.364. The molecule has 2 aromatic carbocycles. The molecule has 31 heavy (non-hydrogen) atoms. The van der Waals surface area contributed by atoms with E-state index >= 15 is 0 Å². The summed E-state index contributed by atoms with van der Waals surface area (Å²) < 4.78 is 37.6. The third kappa shape index (κ3) is 12.3. The van der Waals surface area contributed by atoms with E-state index in [2.05, 4.69) is 42.6 Å². The Morgan fingerprint density at radius 3 is 2.19 bits per heavy atom. The molecule has 3 N–H and O–H groups in total. The molecular formula is C22H26F3NO5. The summed E-state index contributed by atoms with van der Waals surface area (Å²) in [5.41, 5.74) is 3.73. The number of carboxylic acids is 2. The van der Waals surface area contributed by atoms with Crippen LogP contribution in [0.2, 0.25) is 0 Å². The third-order valence-electron chi connectivity index (χ3n) is 4.03. The van der Waals surface area contributed by atoms with E-state index in [1.807, 2.05) is 18.2 Å². The zero-order chi connectivity index (χ0) is 23.3. The van der Waals surface area contributed by atoms with Crippen molar-refractivity contribution in [2.24, 2.45) is 0 Å². The monoisotopic (exact) mass is 441 g/mol. The van der Waals surface area contributed by atoms with E-state index < -0.39 is 18.1 Å². The number of aliphatic carboxylic acids is 2. The minimum Gasteiger partial charge on any atom is -0.493 e. The standard InChI is InChI=1S/C20H25NO3.C2HF3O2/c1-16-5-7-17(8-6-16)11-14-24-19-4-2-3-18(15-19)9-12-21-13-10-20(22)23;3-2(4,5)1(6)7/h2-8,15,21H,9-14H2,1H3,(H,22,23);(H,6,7). The smallest absolute Gasteiger partial charge is 0.490 e. The van der Waals surface area contributed by atoms with Gasteiger partial charge in [0.2, 0.25) is 0 Å². The number of halogens is 3. The molecule has 0 aliphatic carbocycles. The van der Waals surface area contributed by atoms with Gasteiger partial charge in [0.15, 0.2) is 0 Å². The predicted octanol–water partition coefficient (Wildman–Crippen LogP) is 3.86. The Hall–Kier alpha value is -3.07. The highest BCUT2D eigenvalue weighted by Crippen LogP contribution is 2.15. The maximum Gasteiger partial charge on any atom is 0.490 e. The lowest BCUT2D eigenvalue weighted by molar-refractivity contribution is -0.192. The number of hydrogen-bond donors (Lipinski definition) is 3. The van der Waals surface area contributed by atoms with Crippen LogP contribution in [0, 0.1) is 6.92 Å². The van der Waals surface area contributed by atoms with Gasteiger partial charge in [-0.1, -0.05) is 42.0 Å². The molecular weight excluding hydrogens is 415 g/mol. The molecule has 0 unspecified atom stereocenters. The van der Waals surface area contributed by atoms with Crippen molar-refractivity contribution in [3.63, 3.8) is 0 Å². The Kier molecular flexibility index (Phi) is 11.1. The summed E-state index contributed by atoms with van der Waals surface area (Å²) in [5.74, 6) is -2.65. The van der Waals surface area contributed by atoms with Crippen molar-refractivity contribution >= 4 is 11.9 Å². The van der Waals surface area contributed by atoms with E-state index in [-0.39, 0.29) is 6.42 Å². The fourth-order valence-electron chi connectivity index (χ4n) is 2.39. The first-order valence-electron chi connectivity index (χ1n) is 9.58. The normalized spacial score (nSPS) is 10.7. The lowest BCUT2D eigenvalue weighted by Gasteiger charge is -2.09. The third-order valence-corrected chi connectivity index (χ3v) is 4.03. The Morgan fingerprint density at radius 1 is 0.968 bits per heavy atom. The van der Waals surface area contributed by atoms with Gasteiger partial charge in [-0.3, -0.25) is 4.79 Å². The Bertz CT molecular complexity index is 823. The Morgan fingerprint density at radius 2 is 1.61 bits per heavy atom. The van der Waals surface area contributed by atoms with Crippen LogP contribution < -0.4 is 10.1 Å². The maximum absolute atomic E-state index is 10.6. The van der Waals surface area contributed by atoms with Crippen LogP contribution in [0.15, 0.2) is 48.5 Å². The van der Waals surface area contributed by atoms with Gasteiger partial charge >= 0.3 is 18.1 Å². The summed E-state index contributed by atoms with van der Waals surface area (Å²) in [6, 6.07) is 16.6. The molecule has 0 heterocycles. The number of aryl methyl sites for hydroxylation is 1. The average Bonchev–Trinajstić information content (AvgIpc) is 2.69. The van der Waals surface area contributed by atoms with Gasteiger partial charge < -0.3 is 20.3 Å². The first-order chi connectivity index (χ1) is 14.6. The van der Waals surface area contributed by atoms with Gasteiger partial charge in [-0.05, 0) is 43.1 Å². The van der Waals surface area contributed by atoms with Gasteiger partial charge in [-0.25, -0.2) is 4.79 Å². The molecule has 6 nitrogen and oxygen atoms in total. The lowest BCUT2D eigenvalue weighted by Crippen LogP contribution is -2.21. The highest BCUT2D eigenvalue weighted by Gasteiger charge is 2.38. The molecule has 0 aliphatic rings. The van der Waals surface area contributed by atoms with Crippen LogP contribution in [0.3, 0.4) is 0 Å². The average molecular weight is 441 g/mol. The molecule has 0 fully saturated rings. The molecule has 0 atom stereocenters. The van der Waals surface area contributed by atoms with Gasteiger partial charge in [0, 0.05) is 13.0 Å². The van der Waals surface area contributed by atoms with Gasteiger partial charge in [-0.15, -0.1) is 0 Å². The summed E-state index contributed by atoms with van der Waals surface area (Å²) in [7, 11) is 0. The van der Waals surface area contributed by atoms with Crippen molar-refractivity contribution in [2.75, 3.05) is 19.7 Å². The minimum atomic E-state index is -5.08. The van der Waals surface area contributed by atoms with Crippen molar-refractivity contribution in [3.05, 3.63) is 65.2 Å². The van der Waals surface area contributed by atoms with Crippen molar-refractivity contribution in [1.29, 1.82) is 0 Å². The molecule has 2 aromatic rings. The topological polar surface area (TPSA) is 95.9 Å². The summed E-state index contributed by atoms with van der Waals surface area (Å²) in [5, 5.41) is 18.8. The van der Waals surface area contributed by atoms with Crippen LogP contribution in [-0.2, 0) is 22.4 Å². The molecule has 2 rings (SSSR count). The van der Waals surface area contributed by atoms with Crippen molar-refractivity contribution in [3.8, 4) is 5.75 Å². The van der Waals surface area contributed by atoms with Crippen molar-refractivity contribution in [2.45, 2.75) is 32.4 Å². The minimum absolute atomic E-state index is 0.155. The number of hydrogen-bond acceptors (Lipinski definition) is 4. The van der Waals surface area contributed by atoms with Crippen LogP contribution in [0.5, 0.6) is 5.75 Å². The van der Waals surface area contributed by atoms with Crippen LogP contribution >= 0.6 is 0 Å². The van der Waals surface area contributed by atoms with Crippen LogP contribution in [0.1, 0.15) is 23.1 Å². The largest absolute Gasteiger partial charge is 0.493 e. The van der Waals surface area contributed by atoms with Crippen LogP contribution in [0.25, 0.3) is 0 Å². The highest BCUT2D eigenvalue weighted by atomic mass is 19.4. The summed E-state index contributed by atoms with van der Waals surface area (Å²) in [4.78, 5) is 19.3. The number of carboxylic acid groups (broad SMARTS) is 2. The number of benzene rings is 2. The van der Waals surface area contributed by atoms with Crippen LogP contribution in [-0.4, -0.2) is 48.0 Å². The molecule has 0 saturated carbocycles. The van der Waals surface area contributed by atoms with Crippen LogP contribution in [0.4, 0.5) is 13.2 Å². The number of carbonyl (C=O) groups is 2. The quantitative estimate of drug-likeness (QED) is 0.485. The SMILES string of the molecule is Cc1ccc(CCOc2cccc(CCNCCC(=O)O)c2)cc1.O=C(O)C(F)(F)F. The lowest BCUT2D eigenvalue weighted by atomic mass is 10.1. The summed E-state index contributed by atoms with van der Waals surface area (Å²) in [6.45, 7) is 4.01. The molecule has 9 heteroatoms. The second kappa shape index (κ2) is 13.3. The molecule has 0 amide bonds. The molecule has 0 spiro atoms. The number of rotatable bonds is 10. The van der Waals surface area contributed by atoms with E-state index in [9.17, 15) is 18.0 Å². The van der Waals surface area contributed by atoms with Crippen molar-refractivity contribution < 1.29 is 37.7 Å². The van der Waals surface area contributed by atoms with Gasteiger partial charge in [0.1, 0.15) is 5.75 Å². The zero-order valence-corrected chi connectivity index (χ0v) is 17.1. The maximum atomic E-state index is 10.6. The molecule has 0 aromatic heterocycles. The van der Waals surface area contributed by atoms with Gasteiger partial charge in [0.05, 0.1) is 13.0 Å². The van der Waals surface area contributed by atoms with E-state index in [1.54, 1.807) is 0 Å². The first-order valence-corrected chi connectivity index (χ1v) is 9.58. The Balaban J connectivity index is 0.000000592. The molecule has 0 aliphatic heterocycles. The number of alkyl halides is 3. The first kappa shape index (κ1) is 26.0. The number of nitrogens with one attached hydrogen (secondary N) is 1.